The van der Waals surface area contributed by atoms with Gasteiger partial charge in [-0.3, -0.25) is 9.00 Å². The molecule has 0 aromatic heterocycles. The lowest BCUT2D eigenvalue weighted by molar-refractivity contribution is -0.145. The topological polar surface area (TPSA) is 66.4 Å². The fraction of sp³-hybridized carbons (Fsp3) is 0.417. The second-order valence-corrected chi connectivity index (χ2v) is 4.63. The molecular weight excluding hydrogens is 240 g/mol. The predicted octanol–water partition coefficient (Wildman–Crippen LogP) is 1.78. The molecule has 17 heavy (non-hydrogen) atoms. The maximum Gasteiger partial charge on any atom is 0.306 e. The number of hydrogen-bond donors (Lipinski definition) is 0. The molecule has 0 saturated heterocycles. The quantitative estimate of drug-likeness (QED) is 0.423. The SMILES string of the molecule is O=C(CCCCS(=O)[O-])OCc1ccccc1. The van der Waals surface area contributed by atoms with Crippen LogP contribution in [0.2, 0.25) is 0 Å². The van der Waals surface area contributed by atoms with Crippen molar-refractivity contribution in [1.29, 1.82) is 0 Å². The fourth-order valence-corrected chi connectivity index (χ4v) is 1.74. The van der Waals surface area contributed by atoms with Crippen LogP contribution in [0.4, 0.5) is 0 Å². The summed E-state index contributed by atoms with van der Waals surface area (Å²) in [6, 6.07) is 9.43. The van der Waals surface area contributed by atoms with Gasteiger partial charge in [0.1, 0.15) is 6.61 Å². The summed E-state index contributed by atoms with van der Waals surface area (Å²) in [6.07, 6.45) is 1.31. The standard InChI is InChI=1S/C12H16O4S/c13-12(8-4-5-9-17(14)15)16-10-11-6-2-1-3-7-11/h1-3,6-7H,4-5,8-10H2,(H,14,15)/p-1. The van der Waals surface area contributed by atoms with Crippen molar-refractivity contribution in [3.8, 4) is 0 Å². The van der Waals surface area contributed by atoms with Crippen molar-refractivity contribution in [2.75, 3.05) is 5.75 Å². The second-order valence-electron chi connectivity index (χ2n) is 3.61. The van der Waals surface area contributed by atoms with E-state index in [0.29, 0.717) is 12.8 Å². The van der Waals surface area contributed by atoms with E-state index in [2.05, 4.69) is 0 Å². The highest BCUT2D eigenvalue weighted by atomic mass is 32.2. The summed E-state index contributed by atoms with van der Waals surface area (Å²) in [6.45, 7) is 0.271. The Hall–Kier alpha value is -1.20. The maximum atomic E-state index is 11.3. The van der Waals surface area contributed by atoms with Crippen LogP contribution in [0.5, 0.6) is 0 Å². The van der Waals surface area contributed by atoms with Crippen molar-refractivity contribution in [3.63, 3.8) is 0 Å². The fourth-order valence-electron chi connectivity index (χ4n) is 1.30. The lowest BCUT2D eigenvalue weighted by Crippen LogP contribution is -2.05. The van der Waals surface area contributed by atoms with Crippen LogP contribution in [-0.2, 0) is 27.2 Å². The Morgan fingerprint density at radius 3 is 2.59 bits per heavy atom. The van der Waals surface area contributed by atoms with Gasteiger partial charge in [-0.2, -0.15) is 0 Å². The minimum atomic E-state index is -2.02. The molecule has 4 nitrogen and oxygen atoms in total. The molecule has 0 heterocycles. The van der Waals surface area contributed by atoms with Crippen LogP contribution in [0.1, 0.15) is 24.8 Å². The smallest absolute Gasteiger partial charge is 0.306 e. The Morgan fingerprint density at radius 1 is 1.24 bits per heavy atom. The summed E-state index contributed by atoms with van der Waals surface area (Å²) in [4.78, 5) is 11.3. The Morgan fingerprint density at radius 2 is 1.94 bits per heavy atom. The molecule has 0 saturated carbocycles. The zero-order chi connectivity index (χ0) is 12.5. The van der Waals surface area contributed by atoms with Crippen molar-refractivity contribution in [1.82, 2.24) is 0 Å². The first kappa shape index (κ1) is 13.9. The summed E-state index contributed by atoms with van der Waals surface area (Å²) in [5.41, 5.74) is 0.946. The van der Waals surface area contributed by atoms with Crippen LogP contribution < -0.4 is 0 Å². The molecule has 0 amide bonds. The average Bonchev–Trinajstić information content (AvgIpc) is 2.33. The number of carbonyl (C=O) groups is 1. The second kappa shape index (κ2) is 7.97. The Bertz CT molecular complexity index is 364. The Balaban J connectivity index is 2.11. The highest BCUT2D eigenvalue weighted by Crippen LogP contribution is 2.04. The number of esters is 1. The lowest BCUT2D eigenvalue weighted by atomic mass is 10.2. The summed E-state index contributed by atoms with van der Waals surface area (Å²) in [5, 5.41) is 0. The van der Waals surface area contributed by atoms with Crippen molar-refractivity contribution < 1.29 is 18.3 Å². The minimum absolute atomic E-state index is 0.103. The molecule has 0 aliphatic heterocycles. The number of unbranched alkanes of at least 4 members (excludes halogenated alkanes) is 1. The van der Waals surface area contributed by atoms with E-state index in [1.807, 2.05) is 30.3 Å². The van der Waals surface area contributed by atoms with E-state index in [1.54, 1.807) is 0 Å². The summed E-state index contributed by atoms with van der Waals surface area (Å²) in [5.74, 6) is -0.183. The maximum absolute atomic E-state index is 11.3. The normalized spacial score (nSPS) is 12.1. The lowest BCUT2D eigenvalue weighted by Gasteiger charge is -2.06. The van der Waals surface area contributed by atoms with E-state index < -0.39 is 11.1 Å². The first-order valence-corrected chi connectivity index (χ1v) is 6.68. The molecule has 0 aliphatic carbocycles. The zero-order valence-corrected chi connectivity index (χ0v) is 10.3. The van der Waals surface area contributed by atoms with Crippen molar-refractivity contribution in [3.05, 3.63) is 35.9 Å². The predicted molar refractivity (Wildman–Crippen MR) is 63.9 cm³/mol. The van der Waals surface area contributed by atoms with Gasteiger partial charge in [0.15, 0.2) is 0 Å². The molecule has 0 bridgehead atoms. The van der Waals surface area contributed by atoms with Crippen LogP contribution in [0.15, 0.2) is 30.3 Å². The van der Waals surface area contributed by atoms with Gasteiger partial charge in [-0.15, -0.1) is 0 Å². The van der Waals surface area contributed by atoms with Gasteiger partial charge in [0, 0.05) is 12.2 Å². The van der Waals surface area contributed by atoms with E-state index in [-0.39, 0.29) is 24.7 Å². The number of ether oxygens (including phenoxy) is 1. The van der Waals surface area contributed by atoms with Crippen LogP contribution in [0, 0.1) is 0 Å². The van der Waals surface area contributed by atoms with Gasteiger partial charge in [0.25, 0.3) is 0 Å². The third-order valence-electron chi connectivity index (χ3n) is 2.18. The number of hydrogen-bond acceptors (Lipinski definition) is 4. The van der Waals surface area contributed by atoms with Gasteiger partial charge in [-0.25, -0.2) is 0 Å². The number of benzene rings is 1. The van der Waals surface area contributed by atoms with E-state index in [0.717, 1.165) is 5.56 Å². The molecule has 1 aromatic carbocycles. The molecule has 0 fully saturated rings. The largest absolute Gasteiger partial charge is 0.772 e. The minimum Gasteiger partial charge on any atom is -0.772 e. The summed E-state index contributed by atoms with van der Waals surface area (Å²) >= 11 is -2.02. The van der Waals surface area contributed by atoms with Crippen LogP contribution in [0.3, 0.4) is 0 Å². The van der Waals surface area contributed by atoms with Gasteiger partial charge >= 0.3 is 5.97 Å². The Labute approximate surface area is 103 Å². The van der Waals surface area contributed by atoms with E-state index >= 15 is 0 Å². The van der Waals surface area contributed by atoms with E-state index in [4.69, 9.17) is 4.74 Å². The molecule has 1 atom stereocenters. The molecular formula is C12H15O4S-. The average molecular weight is 255 g/mol. The van der Waals surface area contributed by atoms with Gasteiger partial charge in [0.2, 0.25) is 0 Å². The first-order valence-electron chi connectivity index (χ1n) is 5.44. The van der Waals surface area contributed by atoms with E-state index in [1.165, 1.54) is 0 Å². The van der Waals surface area contributed by atoms with Crippen LogP contribution in [-0.4, -0.2) is 20.5 Å². The third-order valence-corrected chi connectivity index (χ3v) is 2.81. The molecule has 1 aromatic rings. The molecule has 1 unspecified atom stereocenters. The van der Waals surface area contributed by atoms with Crippen molar-refractivity contribution in [2.24, 2.45) is 0 Å². The van der Waals surface area contributed by atoms with Gasteiger partial charge in [0.05, 0.1) is 0 Å². The van der Waals surface area contributed by atoms with Crippen LogP contribution in [0.25, 0.3) is 0 Å². The monoisotopic (exact) mass is 255 g/mol. The first-order chi connectivity index (χ1) is 8.18. The summed E-state index contributed by atoms with van der Waals surface area (Å²) < 4.78 is 25.5. The molecule has 0 radical (unpaired) electrons. The van der Waals surface area contributed by atoms with Crippen molar-refractivity contribution >= 4 is 17.0 Å². The zero-order valence-electron chi connectivity index (χ0n) is 9.46. The summed E-state index contributed by atoms with van der Waals surface area (Å²) in [7, 11) is 0. The van der Waals surface area contributed by atoms with Gasteiger partial charge < -0.3 is 9.29 Å². The molecule has 0 aliphatic rings. The van der Waals surface area contributed by atoms with Crippen molar-refractivity contribution in [2.45, 2.75) is 25.9 Å². The highest BCUT2D eigenvalue weighted by molar-refractivity contribution is 7.79. The third kappa shape index (κ3) is 6.86. The molecule has 0 N–H and O–H groups in total. The number of rotatable bonds is 7. The Kier molecular flexibility index (Phi) is 6.50. The van der Waals surface area contributed by atoms with Gasteiger partial charge in [-0.1, -0.05) is 41.4 Å². The van der Waals surface area contributed by atoms with Crippen LogP contribution >= 0.6 is 0 Å². The molecule has 5 heteroatoms. The molecule has 0 spiro atoms. The molecule has 1 rings (SSSR count). The highest BCUT2D eigenvalue weighted by Gasteiger charge is 2.02. The van der Waals surface area contributed by atoms with E-state index in [9.17, 15) is 13.6 Å². The van der Waals surface area contributed by atoms with Gasteiger partial charge in [-0.05, 0) is 18.4 Å². The molecule has 94 valence electrons. The number of carbonyl (C=O) groups excluding carboxylic acids is 1.